The Balaban J connectivity index is 0.000000184. The van der Waals surface area contributed by atoms with Crippen LogP contribution >= 0.6 is 0 Å². The van der Waals surface area contributed by atoms with Crippen LogP contribution in [0.4, 0.5) is 0 Å². The lowest BCUT2D eigenvalue weighted by Gasteiger charge is -2.37. The normalized spacial score (nSPS) is 24.3. The largest absolute Gasteiger partial charge is 0.457 e. The van der Waals surface area contributed by atoms with E-state index in [9.17, 15) is 28.8 Å². The summed E-state index contributed by atoms with van der Waals surface area (Å²) in [5.74, 6) is -0.684. The van der Waals surface area contributed by atoms with Gasteiger partial charge in [0, 0.05) is 24.2 Å². The van der Waals surface area contributed by atoms with Crippen molar-refractivity contribution >= 4 is 35.5 Å². The van der Waals surface area contributed by atoms with Gasteiger partial charge in [-0.25, -0.2) is 14.4 Å². The SMILES string of the molecule is CC1=C(N2CCC3(CCN(CC(=O)c4ccc5c(c4C)COC5=O)CC3)C2=O)COC1=O.CC1=C(N2CCC3(CCNCC3)C2=O)COC1=O. The number of ether oxygens (including phenoxy) is 3. The first kappa shape index (κ1) is 34.1. The van der Waals surface area contributed by atoms with Crippen molar-refractivity contribution in [3.63, 3.8) is 0 Å². The molecule has 7 aliphatic heterocycles. The van der Waals surface area contributed by atoms with E-state index < -0.39 is 5.41 Å². The molecule has 4 fully saturated rings. The van der Waals surface area contributed by atoms with Gasteiger partial charge in [-0.2, -0.15) is 0 Å². The van der Waals surface area contributed by atoms with Gasteiger partial charge in [0.05, 0.1) is 45.5 Å². The molecular weight excluding hydrogens is 644 g/mol. The number of hydrogen-bond acceptors (Lipinski definition) is 11. The molecule has 0 radical (unpaired) electrons. The first-order valence-corrected chi connectivity index (χ1v) is 17.6. The first-order valence-electron chi connectivity index (χ1n) is 17.6. The number of hydrogen-bond donors (Lipinski definition) is 1. The summed E-state index contributed by atoms with van der Waals surface area (Å²) in [6, 6.07) is 3.39. The topological polar surface area (TPSA) is 152 Å². The maximum absolute atomic E-state index is 13.3. The molecule has 2 amide bonds. The number of esters is 3. The Morgan fingerprint density at radius 1 is 0.680 bits per heavy atom. The van der Waals surface area contributed by atoms with E-state index in [1.54, 1.807) is 35.8 Å². The van der Waals surface area contributed by atoms with Crippen LogP contribution in [0, 0.1) is 17.8 Å². The summed E-state index contributed by atoms with van der Waals surface area (Å²) < 4.78 is 15.2. The van der Waals surface area contributed by atoms with Gasteiger partial charge in [0.1, 0.15) is 19.8 Å². The molecule has 0 unspecified atom stereocenters. The smallest absolute Gasteiger partial charge is 0.338 e. The third kappa shape index (κ3) is 5.73. The molecule has 1 aromatic carbocycles. The molecule has 0 atom stereocenters. The van der Waals surface area contributed by atoms with Gasteiger partial charge in [0.25, 0.3) is 0 Å². The van der Waals surface area contributed by atoms with Gasteiger partial charge in [0.2, 0.25) is 11.8 Å². The second-order valence-corrected chi connectivity index (χ2v) is 14.6. The van der Waals surface area contributed by atoms with Crippen LogP contribution in [0.2, 0.25) is 0 Å². The second-order valence-electron chi connectivity index (χ2n) is 14.6. The highest BCUT2D eigenvalue weighted by molar-refractivity contribution is 6.02. The molecule has 1 aromatic rings. The highest BCUT2D eigenvalue weighted by Gasteiger charge is 2.51. The highest BCUT2D eigenvalue weighted by Crippen LogP contribution is 2.44. The number of amides is 2. The Morgan fingerprint density at radius 3 is 1.70 bits per heavy atom. The Bertz CT molecular complexity index is 1750. The number of rotatable bonds is 5. The molecule has 266 valence electrons. The minimum atomic E-state index is -0.417. The molecule has 4 saturated heterocycles. The molecule has 2 spiro atoms. The van der Waals surface area contributed by atoms with Crippen molar-refractivity contribution in [1.29, 1.82) is 0 Å². The summed E-state index contributed by atoms with van der Waals surface area (Å²) in [6.07, 6.45) is 4.87. The van der Waals surface area contributed by atoms with Crippen LogP contribution in [0.15, 0.2) is 34.7 Å². The Kier molecular flexibility index (Phi) is 8.92. The van der Waals surface area contributed by atoms with Crippen LogP contribution in [0.1, 0.15) is 84.2 Å². The average Bonchev–Trinajstić information content (AvgIpc) is 3.91. The van der Waals surface area contributed by atoms with E-state index in [1.807, 2.05) is 6.92 Å². The van der Waals surface area contributed by atoms with Crippen LogP contribution < -0.4 is 5.32 Å². The Hall–Kier alpha value is -4.36. The van der Waals surface area contributed by atoms with Gasteiger partial charge in [-0.1, -0.05) is 6.07 Å². The van der Waals surface area contributed by atoms with E-state index in [1.165, 1.54) is 0 Å². The predicted octanol–water partition coefficient (Wildman–Crippen LogP) is 2.41. The molecule has 0 aromatic heterocycles. The zero-order valence-electron chi connectivity index (χ0n) is 29.0. The average molecular weight is 689 g/mol. The van der Waals surface area contributed by atoms with Crippen LogP contribution in [0.5, 0.6) is 0 Å². The number of ketones is 1. The molecule has 1 N–H and O–H groups in total. The van der Waals surface area contributed by atoms with Crippen molar-refractivity contribution in [2.45, 2.75) is 65.9 Å². The summed E-state index contributed by atoms with van der Waals surface area (Å²) in [5, 5.41) is 3.30. The van der Waals surface area contributed by atoms with Crippen molar-refractivity contribution in [1.82, 2.24) is 20.0 Å². The molecule has 7 heterocycles. The molecule has 8 rings (SSSR count). The van der Waals surface area contributed by atoms with Gasteiger partial charge >= 0.3 is 17.9 Å². The van der Waals surface area contributed by atoms with Crippen molar-refractivity contribution in [2.75, 3.05) is 59.0 Å². The molecule has 13 heteroatoms. The second kappa shape index (κ2) is 13.1. The van der Waals surface area contributed by atoms with Crippen molar-refractivity contribution in [3.8, 4) is 0 Å². The number of Topliss-reactive ketones (excluding diaryl/α,β-unsaturated/α-hetero) is 1. The molecule has 0 aliphatic carbocycles. The summed E-state index contributed by atoms with van der Waals surface area (Å²) in [5.41, 5.74) is 4.76. The molecule has 13 nitrogen and oxygen atoms in total. The quantitative estimate of drug-likeness (QED) is 0.276. The lowest BCUT2D eigenvalue weighted by Crippen LogP contribution is -2.46. The number of fused-ring (bicyclic) bond motifs is 1. The zero-order valence-corrected chi connectivity index (χ0v) is 29.0. The van der Waals surface area contributed by atoms with E-state index in [4.69, 9.17) is 14.2 Å². The van der Waals surface area contributed by atoms with Gasteiger partial charge in [-0.3, -0.25) is 19.3 Å². The number of nitrogens with zero attached hydrogens (tertiary/aromatic N) is 3. The standard InChI is InChI=1S/C24H26N2O6.C13H18N2O3/c1-14-16(3-4-17-18(14)12-31-22(17)29)20(27)11-25-8-5-24(6-9-25)7-10-26(23(24)30)19-13-32-21(28)15(19)2;1-9-10(8-18-11(9)16)15-7-4-13(12(15)17)2-5-14-6-3-13/h3-4H,5-13H2,1-2H3;14H,2-8H2,1H3. The number of likely N-dealkylation sites (tertiary alicyclic amines) is 3. The Labute approximate surface area is 290 Å². The highest BCUT2D eigenvalue weighted by atomic mass is 16.5. The lowest BCUT2D eigenvalue weighted by molar-refractivity contribution is -0.138. The summed E-state index contributed by atoms with van der Waals surface area (Å²) >= 11 is 0. The van der Waals surface area contributed by atoms with E-state index in [2.05, 4.69) is 10.2 Å². The summed E-state index contributed by atoms with van der Waals surface area (Å²) in [6.45, 7) is 10.7. The number of carbonyl (C=O) groups is 6. The molecular formula is C37H44N4O9. The number of carbonyl (C=O) groups excluding carboxylic acids is 6. The van der Waals surface area contributed by atoms with Crippen molar-refractivity contribution in [3.05, 3.63) is 56.9 Å². The third-order valence-electron chi connectivity index (χ3n) is 12.0. The fourth-order valence-electron chi connectivity index (χ4n) is 8.57. The summed E-state index contributed by atoms with van der Waals surface area (Å²) in [7, 11) is 0. The molecule has 50 heavy (non-hydrogen) atoms. The van der Waals surface area contributed by atoms with E-state index in [-0.39, 0.29) is 67.3 Å². The number of benzene rings is 1. The fraction of sp³-hybridized carbons (Fsp3) is 0.568. The molecule has 0 saturated carbocycles. The third-order valence-corrected chi connectivity index (χ3v) is 12.0. The predicted molar refractivity (Wildman–Crippen MR) is 177 cm³/mol. The Morgan fingerprint density at radius 2 is 1.18 bits per heavy atom. The van der Waals surface area contributed by atoms with Crippen LogP contribution in [0.3, 0.4) is 0 Å². The number of nitrogens with one attached hydrogen (secondary N) is 1. The zero-order chi connectivity index (χ0) is 35.4. The van der Waals surface area contributed by atoms with Crippen LogP contribution in [-0.4, -0.2) is 109 Å². The maximum atomic E-state index is 13.3. The number of cyclic esters (lactones) is 3. The minimum absolute atomic E-state index is 0.0161. The van der Waals surface area contributed by atoms with E-state index in [0.29, 0.717) is 60.4 Å². The van der Waals surface area contributed by atoms with E-state index >= 15 is 0 Å². The first-order chi connectivity index (χ1) is 23.9. The summed E-state index contributed by atoms with van der Waals surface area (Å²) in [4.78, 5) is 79.3. The van der Waals surface area contributed by atoms with Gasteiger partial charge in [-0.15, -0.1) is 0 Å². The van der Waals surface area contributed by atoms with Gasteiger partial charge in [-0.05, 0) is 97.1 Å². The lowest BCUT2D eigenvalue weighted by atomic mass is 9.77. The monoisotopic (exact) mass is 688 g/mol. The van der Waals surface area contributed by atoms with Crippen molar-refractivity contribution in [2.24, 2.45) is 10.8 Å². The molecule has 0 bridgehead atoms. The minimum Gasteiger partial charge on any atom is -0.457 e. The van der Waals surface area contributed by atoms with Crippen LogP contribution in [0.25, 0.3) is 0 Å². The fourth-order valence-corrected chi connectivity index (χ4v) is 8.57. The maximum Gasteiger partial charge on any atom is 0.338 e. The van der Waals surface area contributed by atoms with Gasteiger partial charge < -0.3 is 29.3 Å². The van der Waals surface area contributed by atoms with Gasteiger partial charge in [0.15, 0.2) is 5.78 Å². The van der Waals surface area contributed by atoms with E-state index in [0.717, 1.165) is 62.1 Å². The van der Waals surface area contributed by atoms with Crippen molar-refractivity contribution < 1.29 is 43.0 Å². The number of piperidine rings is 2. The molecule has 7 aliphatic rings. The van der Waals surface area contributed by atoms with Crippen LogP contribution in [-0.2, 0) is 40.0 Å².